The number of rotatable bonds is 6. The van der Waals surface area contributed by atoms with Crippen LogP contribution in [0.5, 0.6) is 0 Å². The molecule has 6 heteroatoms. The van der Waals surface area contributed by atoms with E-state index in [0.29, 0.717) is 12.1 Å². The second kappa shape index (κ2) is 6.74. The van der Waals surface area contributed by atoms with Crippen molar-refractivity contribution in [1.29, 1.82) is 0 Å². The lowest BCUT2D eigenvalue weighted by molar-refractivity contribution is -0.138. The molecule has 1 rings (SSSR count). The van der Waals surface area contributed by atoms with Crippen molar-refractivity contribution in [2.45, 2.75) is 32.1 Å². The summed E-state index contributed by atoms with van der Waals surface area (Å²) in [5.41, 5.74) is 1.33. The third-order valence-electron chi connectivity index (χ3n) is 2.79. The smallest absolute Gasteiger partial charge is 0.319 e. The number of halogens is 1. The number of carbonyl (C=O) groups is 2. The van der Waals surface area contributed by atoms with Gasteiger partial charge in [-0.2, -0.15) is 0 Å². The second-order valence-electron chi connectivity index (χ2n) is 4.96. The molecule has 0 radical (unpaired) electrons. The van der Waals surface area contributed by atoms with Gasteiger partial charge >= 0.3 is 5.97 Å². The van der Waals surface area contributed by atoms with Crippen molar-refractivity contribution in [3.05, 3.63) is 35.1 Å². The van der Waals surface area contributed by atoms with E-state index in [1.165, 1.54) is 6.07 Å². The predicted molar refractivity (Wildman–Crippen MR) is 77.2 cm³/mol. The molecule has 0 unspecified atom stereocenters. The Balaban J connectivity index is 2.44. The summed E-state index contributed by atoms with van der Waals surface area (Å²) in [4.78, 5) is 22.5. The Morgan fingerprint density at radius 3 is 2.60 bits per heavy atom. The largest absolute Gasteiger partial charge is 0.480 e. The minimum Gasteiger partial charge on any atom is -0.480 e. The lowest BCUT2D eigenvalue weighted by atomic mass is 10.1. The van der Waals surface area contributed by atoms with Gasteiger partial charge in [0, 0.05) is 6.54 Å². The van der Waals surface area contributed by atoms with Crippen LogP contribution in [0.15, 0.2) is 18.2 Å². The first-order valence-electron chi connectivity index (χ1n) is 6.11. The van der Waals surface area contributed by atoms with Crippen LogP contribution in [0.4, 0.5) is 4.39 Å². The van der Waals surface area contributed by atoms with Gasteiger partial charge in [-0.05, 0) is 38.0 Å². The predicted octanol–water partition coefficient (Wildman–Crippen LogP) is 2.35. The summed E-state index contributed by atoms with van der Waals surface area (Å²) < 4.78 is 12.1. The van der Waals surface area contributed by atoms with E-state index in [1.807, 2.05) is 0 Å². The van der Waals surface area contributed by atoms with Crippen LogP contribution in [0.3, 0.4) is 0 Å². The Bertz CT molecular complexity index is 517. The maximum Gasteiger partial charge on any atom is 0.319 e. The molecule has 0 fully saturated rings. The third-order valence-corrected chi connectivity index (χ3v) is 4.09. The number of carbonyl (C=O) groups excluding carboxylic acids is 1. The number of nitrogens with one attached hydrogen (secondary N) is 1. The number of hydrogen-bond acceptors (Lipinski definition) is 3. The first-order chi connectivity index (χ1) is 9.22. The molecular formula is C14H18FNO3S. The molecule has 1 aromatic rings. The maximum atomic E-state index is 13.1. The zero-order valence-corrected chi connectivity index (χ0v) is 12.5. The van der Waals surface area contributed by atoms with Crippen molar-refractivity contribution in [2.75, 3.05) is 5.75 Å². The Hall–Kier alpha value is -1.56. The van der Waals surface area contributed by atoms with Gasteiger partial charge < -0.3 is 10.4 Å². The Morgan fingerprint density at radius 1 is 1.40 bits per heavy atom. The SMILES string of the molecule is Cc1cc(CNC(=O)CSC(C)(C)C(=O)O)ccc1F. The summed E-state index contributed by atoms with van der Waals surface area (Å²) in [6, 6.07) is 4.64. The van der Waals surface area contributed by atoms with Crippen molar-refractivity contribution in [1.82, 2.24) is 5.32 Å². The lowest BCUT2D eigenvalue weighted by Crippen LogP contribution is -2.32. The lowest BCUT2D eigenvalue weighted by Gasteiger charge is -2.17. The van der Waals surface area contributed by atoms with E-state index in [9.17, 15) is 14.0 Å². The Labute approximate surface area is 121 Å². The van der Waals surface area contributed by atoms with Crippen LogP contribution in [0.25, 0.3) is 0 Å². The van der Waals surface area contributed by atoms with Gasteiger partial charge in [-0.15, -0.1) is 11.8 Å². The molecule has 0 saturated carbocycles. The van der Waals surface area contributed by atoms with Crippen LogP contribution in [0.2, 0.25) is 0 Å². The molecule has 1 amide bonds. The molecule has 4 nitrogen and oxygen atoms in total. The molecule has 0 atom stereocenters. The van der Waals surface area contributed by atoms with E-state index < -0.39 is 10.7 Å². The number of benzene rings is 1. The van der Waals surface area contributed by atoms with Crippen molar-refractivity contribution in [2.24, 2.45) is 0 Å². The molecule has 0 aliphatic rings. The van der Waals surface area contributed by atoms with Gasteiger partial charge in [0.1, 0.15) is 10.6 Å². The Kier molecular flexibility index (Phi) is 5.56. The highest BCUT2D eigenvalue weighted by Gasteiger charge is 2.28. The fraction of sp³-hybridized carbons (Fsp3) is 0.429. The average molecular weight is 299 g/mol. The zero-order valence-electron chi connectivity index (χ0n) is 11.7. The molecular weight excluding hydrogens is 281 g/mol. The first kappa shape index (κ1) is 16.5. The summed E-state index contributed by atoms with van der Waals surface area (Å²) in [7, 11) is 0. The molecule has 0 bridgehead atoms. The quantitative estimate of drug-likeness (QED) is 0.846. The molecule has 0 spiro atoms. The number of aliphatic carboxylic acids is 1. The number of carboxylic acids is 1. The number of amides is 1. The minimum absolute atomic E-state index is 0.0689. The number of aryl methyl sites for hydroxylation is 1. The summed E-state index contributed by atoms with van der Waals surface area (Å²) >= 11 is 1.06. The van der Waals surface area contributed by atoms with E-state index in [0.717, 1.165) is 17.3 Å². The van der Waals surface area contributed by atoms with Crippen LogP contribution >= 0.6 is 11.8 Å². The highest BCUT2D eigenvalue weighted by atomic mass is 32.2. The van der Waals surface area contributed by atoms with E-state index in [1.54, 1.807) is 32.9 Å². The number of hydrogen-bond donors (Lipinski definition) is 2. The monoisotopic (exact) mass is 299 g/mol. The third kappa shape index (κ3) is 4.85. The number of thioether (sulfide) groups is 1. The normalized spacial score (nSPS) is 11.2. The van der Waals surface area contributed by atoms with Gasteiger partial charge in [0.15, 0.2) is 0 Å². The van der Waals surface area contributed by atoms with Gasteiger partial charge in [0.2, 0.25) is 5.91 Å². The molecule has 2 N–H and O–H groups in total. The zero-order chi connectivity index (χ0) is 15.3. The molecule has 0 aliphatic carbocycles. The minimum atomic E-state index is -0.996. The molecule has 0 aromatic heterocycles. The van der Waals surface area contributed by atoms with Gasteiger partial charge in [0.25, 0.3) is 0 Å². The summed E-state index contributed by atoms with van der Waals surface area (Å²) in [5, 5.41) is 11.6. The van der Waals surface area contributed by atoms with Crippen LogP contribution in [-0.4, -0.2) is 27.5 Å². The van der Waals surface area contributed by atoms with Crippen molar-refractivity contribution in [3.8, 4) is 0 Å². The first-order valence-corrected chi connectivity index (χ1v) is 7.10. The highest BCUT2D eigenvalue weighted by Crippen LogP contribution is 2.24. The van der Waals surface area contributed by atoms with Gasteiger partial charge in [-0.3, -0.25) is 9.59 Å². The topological polar surface area (TPSA) is 66.4 Å². The van der Waals surface area contributed by atoms with Crippen LogP contribution < -0.4 is 5.32 Å². The van der Waals surface area contributed by atoms with E-state index in [-0.39, 0.29) is 17.5 Å². The van der Waals surface area contributed by atoms with Crippen LogP contribution in [-0.2, 0) is 16.1 Å². The fourth-order valence-corrected chi connectivity index (χ4v) is 2.09. The van der Waals surface area contributed by atoms with Crippen LogP contribution in [0, 0.1) is 12.7 Å². The Morgan fingerprint density at radius 2 is 2.05 bits per heavy atom. The van der Waals surface area contributed by atoms with Crippen molar-refractivity contribution < 1.29 is 19.1 Å². The second-order valence-corrected chi connectivity index (χ2v) is 6.56. The standard InChI is InChI=1S/C14H18FNO3S/c1-9-6-10(4-5-11(9)15)7-16-12(17)8-20-14(2,3)13(18)19/h4-6H,7-8H2,1-3H3,(H,16,17)(H,18,19). The van der Waals surface area contributed by atoms with Gasteiger partial charge in [0.05, 0.1) is 5.75 Å². The van der Waals surface area contributed by atoms with Gasteiger partial charge in [-0.1, -0.05) is 12.1 Å². The van der Waals surface area contributed by atoms with E-state index >= 15 is 0 Å². The van der Waals surface area contributed by atoms with E-state index in [4.69, 9.17) is 5.11 Å². The summed E-state index contributed by atoms with van der Waals surface area (Å²) in [5.74, 6) is -1.41. The molecule has 110 valence electrons. The molecule has 0 heterocycles. The molecule has 0 aliphatic heterocycles. The summed E-state index contributed by atoms with van der Waals surface area (Å²) in [6.45, 7) is 5.06. The van der Waals surface area contributed by atoms with Crippen LogP contribution in [0.1, 0.15) is 25.0 Å². The van der Waals surface area contributed by atoms with Crippen molar-refractivity contribution >= 4 is 23.6 Å². The average Bonchev–Trinajstić information content (AvgIpc) is 2.37. The molecule has 1 aromatic carbocycles. The van der Waals surface area contributed by atoms with Crippen molar-refractivity contribution in [3.63, 3.8) is 0 Å². The van der Waals surface area contributed by atoms with Gasteiger partial charge in [-0.25, -0.2) is 4.39 Å². The maximum absolute atomic E-state index is 13.1. The highest BCUT2D eigenvalue weighted by molar-refractivity contribution is 8.01. The molecule has 20 heavy (non-hydrogen) atoms. The van der Waals surface area contributed by atoms with E-state index in [2.05, 4.69) is 5.32 Å². The molecule has 0 saturated heterocycles. The number of carboxylic acid groups (broad SMARTS) is 1. The summed E-state index contributed by atoms with van der Waals surface area (Å²) in [6.07, 6.45) is 0. The fourth-order valence-electron chi connectivity index (χ4n) is 1.38.